The first-order valence-corrected chi connectivity index (χ1v) is 7.15. The topological polar surface area (TPSA) is 34.1 Å². The molecule has 19 heavy (non-hydrogen) atoms. The maximum Gasteiger partial charge on any atom is 0.164 e. The van der Waals surface area contributed by atoms with Gasteiger partial charge in [-0.1, -0.05) is 11.8 Å². The number of amidine groups is 1. The van der Waals surface area contributed by atoms with Crippen LogP contribution >= 0.6 is 35.7 Å². The van der Waals surface area contributed by atoms with Gasteiger partial charge in [-0.05, 0) is 30.5 Å². The fourth-order valence-electron chi connectivity index (χ4n) is 1.77. The van der Waals surface area contributed by atoms with Crippen LogP contribution < -0.4 is 4.74 Å². The summed E-state index contributed by atoms with van der Waals surface area (Å²) in [6, 6.07) is 7.79. The molecule has 2 rings (SSSR count). The molecular formula is C13H19IN2O2S. The Morgan fingerprint density at radius 3 is 2.42 bits per heavy atom. The molecule has 0 bridgehead atoms. The van der Waals surface area contributed by atoms with E-state index in [1.54, 1.807) is 18.9 Å². The molecule has 1 saturated heterocycles. The van der Waals surface area contributed by atoms with Crippen LogP contribution in [0.25, 0.3) is 0 Å². The van der Waals surface area contributed by atoms with E-state index in [9.17, 15) is 0 Å². The molecule has 0 saturated carbocycles. The minimum absolute atomic E-state index is 0. The first-order valence-electron chi connectivity index (χ1n) is 5.93. The van der Waals surface area contributed by atoms with Crippen LogP contribution in [0, 0.1) is 0 Å². The van der Waals surface area contributed by atoms with Gasteiger partial charge in [0.2, 0.25) is 0 Å². The van der Waals surface area contributed by atoms with Gasteiger partial charge in [0.1, 0.15) is 5.75 Å². The summed E-state index contributed by atoms with van der Waals surface area (Å²) < 4.78 is 10.5. The normalized spacial score (nSPS) is 15.9. The van der Waals surface area contributed by atoms with Crippen LogP contribution in [-0.4, -0.2) is 49.7 Å². The molecule has 1 heterocycles. The van der Waals surface area contributed by atoms with Crippen LogP contribution in [-0.2, 0) is 4.74 Å². The summed E-state index contributed by atoms with van der Waals surface area (Å²) in [5, 5.41) is 1.04. The van der Waals surface area contributed by atoms with Crippen LogP contribution in [0.2, 0.25) is 0 Å². The summed E-state index contributed by atoms with van der Waals surface area (Å²) in [5.41, 5.74) is 0.951. The number of aliphatic imine (C=N–C) groups is 1. The molecule has 0 unspecified atom stereocenters. The number of nitrogens with zero attached hydrogens (tertiary/aromatic N) is 2. The first-order chi connectivity index (χ1) is 8.83. The number of morpholine rings is 1. The Bertz CT molecular complexity index is 406. The van der Waals surface area contributed by atoms with Crippen molar-refractivity contribution in [2.75, 3.05) is 39.7 Å². The lowest BCUT2D eigenvalue weighted by Gasteiger charge is -2.28. The van der Waals surface area contributed by atoms with Gasteiger partial charge in [-0.2, -0.15) is 0 Å². The molecule has 0 aliphatic carbocycles. The number of thioether (sulfide) groups is 1. The summed E-state index contributed by atoms with van der Waals surface area (Å²) in [4.78, 5) is 6.93. The highest BCUT2D eigenvalue weighted by atomic mass is 127. The Morgan fingerprint density at radius 2 is 1.89 bits per heavy atom. The summed E-state index contributed by atoms with van der Waals surface area (Å²) in [6.45, 7) is 3.38. The Balaban J connectivity index is 0.00000180. The van der Waals surface area contributed by atoms with Gasteiger partial charge in [0.25, 0.3) is 0 Å². The lowest BCUT2D eigenvalue weighted by molar-refractivity contribution is 0.0694. The lowest BCUT2D eigenvalue weighted by Crippen LogP contribution is -2.39. The molecule has 6 heteroatoms. The molecule has 0 spiro atoms. The highest BCUT2D eigenvalue weighted by Crippen LogP contribution is 2.20. The third-order valence-electron chi connectivity index (χ3n) is 2.76. The van der Waals surface area contributed by atoms with Crippen molar-refractivity contribution in [1.29, 1.82) is 0 Å². The highest BCUT2D eigenvalue weighted by Gasteiger charge is 2.14. The van der Waals surface area contributed by atoms with E-state index < -0.39 is 0 Å². The third-order valence-corrected chi connectivity index (χ3v) is 3.48. The number of methoxy groups -OCH3 is 1. The lowest BCUT2D eigenvalue weighted by atomic mass is 10.3. The molecule has 1 aliphatic rings. The summed E-state index contributed by atoms with van der Waals surface area (Å²) in [5.74, 6) is 0.853. The SMILES string of the molecule is COc1ccc(N=C(SC)N2CCOCC2)cc1.I. The van der Waals surface area contributed by atoms with Gasteiger partial charge >= 0.3 is 0 Å². The maximum absolute atomic E-state index is 5.35. The average molecular weight is 394 g/mol. The second-order valence-corrected chi connectivity index (χ2v) is 4.67. The zero-order valence-electron chi connectivity index (χ0n) is 11.2. The van der Waals surface area contributed by atoms with Crippen LogP contribution in [0.3, 0.4) is 0 Å². The van der Waals surface area contributed by atoms with E-state index in [2.05, 4.69) is 16.1 Å². The van der Waals surface area contributed by atoms with Gasteiger partial charge < -0.3 is 14.4 Å². The Morgan fingerprint density at radius 1 is 1.26 bits per heavy atom. The van der Waals surface area contributed by atoms with E-state index in [1.165, 1.54) is 0 Å². The van der Waals surface area contributed by atoms with Gasteiger partial charge in [0.05, 0.1) is 26.0 Å². The van der Waals surface area contributed by atoms with Crippen LogP contribution in [0.15, 0.2) is 29.3 Å². The minimum atomic E-state index is 0. The molecule has 4 nitrogen and oxygen atoms in total. The molecule has 0 atom stereocenters. The quantitative estimate of drug-likeness (QED) is 0.439. The predicted octanol–water partition coefficient (Wildman–Crippen LogP) is 3.00. The van der Waals surface area contributed by atoms with Crippen molar-refractivity contribution in [3.05, 3.63) is 24.3 Å². The van der Waals surface area contributed by atoms with Crippen molar-refractivity contribution in [1.82, 2.24) is 4.90 Å². The van der Waals surface area contributed by atoms with Crippen molar-refractivity contribution >= 4 is 46.6 Å². The highest BCUT2D eigenvalue weighted by molar-refractivity contribution is 14.0. The van der Waals surface area contributed by atoms with Crippen molar-refractivity contribution in [2.45, 2.75) is 0 Å². The van der Waals surface area contributed by atoms with Crippen molar-refractivity contribution in [3.8, 4) is 5.75 Å². The number of ether oxygens (including phenoxy) is 2. The maximum atomic E-state index is 5.35. The number of hydrogen-bond donors (Lipinski definition) is 0. The smallest absolute Gasteiger partial charge is 0.164 e. The second-order valence-electron chi connectivity index (χ2n) is 3.90. The molecule has 1 fully saturated rings. The molecule has 1 aliphatic heterocycles. The summed E-state index contributed by atoms with van der Waals surface area (Å²) >= 11 is 1.67. The van der Waals surface area contributed by atoms with Crippen LogP contribution in [0.5, 0.6) is 5.75 Å². The van der Waals surface area contributed by atoms with E-state index in [-0.39, 0.29) is 24.0 Å². The van der Waals surface area contributed by atoms with Crippen LogP contribution in [0.4, 0.5) is 5.69 Å². The molecule has 0 radical (unpaired) electrons. The fraction of sp³-hybridized carbons (Fsp3) is 0.462. The number of hydrogen-bond acceptors (Lipinski definition) is 4. The molecule has 0 amide bonds. The monoisotopic (exact) mass is 394 g/mol. The fourth-order valence-corrected chi connectivity index (χ4v) is 2.40. The zero-order valence-corrected chi connectivity index (χ0v) is 14.3. The van der Waals surface area contributed by atoms with Crippen LogP contribution in [0.1, 0.15) is 0 Å². The van der Waals surface area contributed by atoms with E-state index in [4.69, 9.17) is 9.47 Å². The molecule has 1 aromatic rings. The average Bonchev–Trinajstić information content (AvgIpc) is 2.46. The van der Waals surface area contributed by atoms with E-state index in [0.717, 1.165) is 42.9 Å². The number of benzene rings is 1. The van der Waals surface area contributed by atoms with Gasteiger partial charge in [0.15, 0.2) is 5.17 Å². The summed E-state index contributed by atoms with van der Waals surface area (Å²) in [6.07, 6.45) is 2.05. The largest absolute Gasteiger partial charge is 0.497 e. The second kappa shape index (κ2) is 8.65. The molecular weight excluding hydrogens is 375 g/mol. The van der Waals surface area contributed by atoms with Crippen molar-refractivity contribution in [2.24, 2.45) is 4.99 Å². The van der Waals surface area contributed by atoms with Gasteiger partial charge in [-0.15, -0.1) is 24.0 Å². The molecule has 106 valence electrons. The molecule has 0 aromatic heterocycles. The third kappa shape index (κ3) is 4.85. The predicted molar refractivity (Wildman–Crippen MR) is 91.4 cm³/mol. The van der Waals surface area contributed by atoms with Gasteiger partial charge in [-0.3, -0.25) is 0 Å². The van der Waals surface area contributed by atoms with E-state index in [0.29, 0.717) is 0 Å². The number of rotatable bonds is 2. The summed E-state index contributed by atoms with van der Waals surface area (Å²) in [7, 11) is 1.67. The van der Waals surface area contributed by atoms with E-state index in [1.807, 2.05) is 24.3 Å². The Hall–Kier alpha value is -0.470. The first kappa shape index (κ1) is 16.6. The van der Waals surface area contributed by atoms with Crippen molar-refractivity contribution < 1.29 is 9.47 Å². The van der Waals surface area contributed by atoms with Gasteiger partial charge in [0, 0.05) is 13.1 Å². The zero-order chi connectivity index (χ0) is 12.8. The Kier molecular flexibility index (Phi) is 7.55. The standard InChI is InChI=1S/C13H18N2O2S.HI/c1-16-12-5-3-11(4-6-12)14-13(18-2)15-7-9-17-10-8-15;/h3-6H,7-10H2,1-2H3;1H. The van der Waals surface area contributed by atoms with Gasteiger partial charge in [-0.25, -0.2) is 4.99 Å². The molecule has 0 N–H and O–H groups in total. The van der Waals surface area contributed by atoms with E-state index >= 15 is 0 Å². The number of halogens is 1. The Labute approximate surface area is 135 Å². The minimum Gasteiger partial charge on any atom is -0.497 e. The molecule has 1 aromatic carbocycles. The van der Waals surface area contributed by atoms with Crippen molar-refractivity contribution in [3.63, 3.8) is 0 Å².